The van der Waals surface area contributed by atoms with Gasteiger partial charge in [-0.25, -0.2) is 8.78 Å². The number of anilines is 2. The number of carbonyl (C=O) groups is 2. The summed E-state index contributed by atoms with van der Waals surface area (Å²) in [6.45, 7) is 0. The molecule has 0 saturated heterocycles. The number of ether oxygens (including phenoxy) is 1. The average molecular weight is 383 g/mol. The largest absolute Gasteiger partial charge is 0.497 e. The van der Waals surface area contributed by atoms with Crippen LogP contribution in [0.5, 0.6) is 5.75 Å². The molecule has 0 unspecified atom stereocenters. The molecule has 6 nitrogen and oxygen atoms in total. The standard InChI is InChI=1S/C20H15F2N3O3/c1-28-15-5-3-14(4-6-15)24-19(26)12-8-9-23-18(10-12)20(27)25-17-7-2-13(21)11-16(17)22/h2-11H,1H3,(H,24,26)(H,25,27). The Labute approximate surface area is 159 Å². The van der Waals surface area contributed by atoms with E-state index in [2.05, 4.69) is 15.6 Å². The minimum absolute atomic E-state index is 0.0916. The van der Waals surface area contributed by atoms with Gasteiger partial charge in [-0.2, -0.15) is 0 Å². The van der Waals surface area contributed by atoms with E-state index in [1.165, 1.54) is 25.4 Å². The van der Waals surface area contributed by atoms with Crippen molar-refractivity contribution in [3.8, 4) is 5.75 Å². The van der Waals surface area contributed by atoms with Gasteiger partial charge in [0.1, 0.15) is 23.1 Å². The molecule has 2 aromatic carbocycles. The Bertz CT molecular complexity index is 1020. The van der Waals surface area contributed by atoms with Crippen LogP contribution >= 0.6 is 0 Å². The second kappa shape index (κ2) is 8.26. The highest BCUT2D eigenvalue weighted by molar-refractivity contribution is 6.07. The first-order chi connectivity index (χ1) is 13.5. The molecule has 1 aromatic heterocycles. The minimum atomic E-state index is -0.915. The number of rotatable bonds is 5. The lowest BCUT2D eigenvalue weighted by Crippen LogP contribution is -2.17. The molecule has 2 amide bonds. The van der Waals surface area contributed by atoms with Crippen molar-refractivity contribution in [1.82, 2.24) is 4.98 Å². The van der Waals surface area contributed by atoms with E-state index in [0.29, 0.717) is 17.5 Å². The molecule has 0 saturated carbocycles. The van der Waals surface area contributed by atoms with Crippen molar-refractivity contribution in [3.63, 3.8) is 0 Å². The van der Waals surface area contributed by atoms with Crippen molar-refractivity contribution < 1.29 is 23.1 Å². The van der Waals surface area contributed by atoms with Crippen molar-refractivity contribution >= 4 is 23.2 Å². The highest BCUT2D eigenvalue weighted by Gasteiger charge is 2.14. The van der Waals surface area contributed by atoms with E-state index < -0.39 is 23.4 Å². The quantitative estimate of drug-likeness (QED) is 0.701. The number of carbonyl (C=O) groups excluding carboxylic acids is 2. The third-order valence-electron chi connectivity index (χ3n) is 3.78. The number of hydrogen-bond donors (Lipinski definition) is 2. The summed E-state index contributed by atoms with van der Waals surface area (Å²) in [5, 5.41) is 4.98. The van der Waals surface area contributed by atoms with Crippen LogP contribution in [0.2, 0.25) is 0 Å². The van der Waals surface area contributed by atoms with Gasteiger partial charge in [0.2, 0.25) is 0 Å². The third kappa shape index (κ3) is 4.47. The second-order valence-electron chi connectivity index (χ2n) is 5.69. The van der Waals surface area contributed by atoms with Crippen LogP contribution in [0.1, 0.15) is 20.8 Å². The van der Waals surface area contributed by atoms with Gasteiger partial charge in [0.05, 0.1) is 12.8 Å². The molecule has 0 aliphatic carbocycles. The molecule has 3 rings (SSSR count). The Morgan fingerprint density at radius 2 is 1.68 bits per heavy atom. The van der Waals surface area contributed by atoms with Crippen LogP contribution in [-0.2, 0) is 0 Å². The smallest absolute Gasteiger partial charge is 0.274 e. The molecule has 2 N–H and O–H groups in total. The van der Waals surface area contributed by atoms with E-state index in [9.17, 15) is 18.4 Å². The number of pyridine rings is 1. The molecule has 8 heteroatoms. The zero-order chi connectivity index (χ0) is 20.1. The van der Waals surface area contributed by atoms with E-state index in [4.69, 9.17) is 4.74 Å². The zero-order valence-corrected chi connectivity index (χ0v) is 14.7. The number of nitrogens with one attached hydrogen (secondary N) is 2. The van der Waals surface area contributed by atoms with Crippen LogP contribution < -0.4 is 15.4 Å². The predicted octanol–water partition coefficient (Wildman–Crippen LogP) is 3.87. The van der Waals surface area contributed by atoms with Gasteiger partial charge in [0.15, 0.2) is 0 Å². The number of nitrogens with zero attached hydrogens (tertiary/aromatic N) is 1. The summed E-state index contributed by atoms with van der Waals surface area (Å²) in [7, 11) is 1.54. The number of hydrogen-bond acceptors (Lipinski definition) is 4. The fourth-order valence-electron chi connectivity index (χ4n) is 2.35. The molecule has 0 radical (unpaired) electrons. The lowest BCUT2D eigenvalue weighted by Gasteiger charge is -2.08. The minimum Gasteiger partial charge on any atom is -0.497 e. The predicted molar refractivity (Wildman–Crippen MR) is 99.5 cm³/mol. The Morgan fingerprint density at radius 3 is 2.36 bits per heavy atom. The maximum absolute atomic E-state index is 13.7. The van der Waals surface area contributed by atoms with Crippen LogP contribution in [0.4, 0.5) is 20.2 Å². The van der Waals surface area contributed by atoms with Gasteiger partial charge in [-0.05, 0) is 48.5 Å². The topological polar surface area (TPSA) is 80.3 Å². The van der Waals surface area contributed by atoms with E-state index in [1.54, 1.807) is 24.3 Å². The Morgan fingerprint density at radius 1 is 0.929 bits per heavy atom. The fourth-order valence-corrected chi connectivity index (χ4v) is 2.35. The van der Waals surface area contributed by atoms with Gasteiger partial charge in [0.25, 0.3) is 11.8 Å². The first kappa shape index (κ1) is 19.0. The first-order valence-electron chi connectivity index (χ1n) is 8.14. The van der Waals surface area contributed by atoms with Crippen LogP contribution in [0.15, 0.2) is 60.8 Å². The molecule has 3 aromatic rings. The molecule has 0 aliphatic heterocycles. The van der Waals surface area contributed by atoms with Crippen molar-refractivity contribution in [3.05, 3.63) is 83.7 Å². The molecule has 1 heterocycles. The summed E-state index contributed by atoms with van der Waals surface area (Å²) in [5.41, 5.74) is 0.449. The molecule has 0 bridgehead atoms. The number of benzene rings is 2. The van der Waals surface area contributed by atoms with Crippen molar-refractivity contribution in [2.24, 2.45) is 0 Å². The first-order valence-corrected chi connectivity index (χ1v) is 8.14. The molecule has 0 aliphatic rings. The van der Waals surface area contributed by atoms with Crippen LogP contribution in [0, 0.1) is 11.6 Å². The van der Waals surface area contributed by atoms with Gasteiger partial charge in [-0.15, -0.1) is 0 Å². The van der Waals surface area contributed by atoms with Gasteiger partial charge in [0, 0.05) is 23.5 Å². The van der Waals surface area contributed by atoms with Gasteiger partial charge in [-0.3, -0.25) is 14.6 Å². The lowest BCUT2D eigenvalue weighted by atomic mass is 10.2. The van der Waals surface area contributed by atoms with Crippen molar-refractivity contribution in [2.45, 2.75) is 0 Å². The summed E-state index contributed by atoms with van der Waals surface area (Å²) in [5.74, 6) is -2.21. The summed E-state index contributed by atoms with van der Waals surface area (Å²) < 4.78 is 31.7. The molecule has 0 fully saturated rings. The molecule has 28 heavy (non-hydrogen) atoms. The van der Waals surface area contributed by atoms with Crippen LogP contribution in [-0.4, -0.2) is 23.9 Å². The Hall–Kier alpha value is -3.81. The number of amides is 2. The van der Waals surface area contributed by atoms with E-state index in [-0.39, 0.29) is 16.9 Å². The normalized spacial score (nSPS) is 10.2. The maximum Gasteiger partial charge on any atom is 0.274 e. The summed E-state index contributed by atoms with van der Waals surface area (Å²) in [6.07, 6.45) is 1.29. The zero-order valence-electron chi connectivity index (χ0n) is 14.7. The summed E-state index contributed by atoms with van der Waals surface area (Å²) in [6, 6.07) is 12.2. The Kier molecular flexibility index (Phi) is 5.59. The average Bonchev–Trinajstić information content (AvgIpc) is 2.70. The second-order valence-corrected chi connectivity index (χ2v) is 5.69. The number of halogens is 2. The van der Waals surface area contributed by atoms with Crippen molar-refractivity contribution in [2.75, 3.05) is 17.7 Å². The summed E-state index contributed by atoms with van der Waals surface area (Å²) >= 11 is 0. The number of aromatic nitrogens is 1. The van der Waals surface area contributed by atoms with Crippen LogP contribution in [0.3, 0.4) is 0 Å². The molecule has 0 atom stereocenters. The SMILES string of the molecule is COc1ccc(NC(=O)c2ccnc(C(=O)Nc3ccc(F)cc3F)c2)cc1. The van der Waals surface area contributed by atoms with Gasteiger partial charge < -0.3 is 15.4 Å². The third-order valence-corrected chi connectivity index (χ3v) is 3.78. The van der Waals surface area contributed by atoms with E-state index in [0.717, 1.165) is 12.1 Å². The fraction of sp³-hybridized carbons (Fsp3) is 0.0500. The lowest BCUT2D eigenvalue weighted by molar-refractivity contribution is 0.102. The molecular weight excluding hydrogens is 368 g/mol. The highest BCUT2D eigenvalue weighted by Crippen LogP contribution is 2.17. The van der Waals surface area contributed by atoms with Gasteiger partial charge in [-0.1, -0.05) is 0 Å². The van der Waals surface area contributed by atoms with Crippen molar-refractivity contribution in [1.29, 1.82) is 0 Å². The molecule has 142 valence electrons. The summed E-state index contributed by atoms with van der Waals surface area (Å²) in [4.78, 5) is 28.6. The van der Waals surface area contributed by atoms with E-state index >= 15 is 0 Å². The van der Waals surface area contributed by atoms with Crippen LogP contribution in [0.25, 0.3) is 0 Å². The maximum atomic E-state index is 13.7. The number of methoxy groups -OCH3 is 1. The molecule has 0 spiro atoms. The monoisotopic (exact) mass is 383 g/mol. The highest BCUT2D eigenvalue weighted by atomic mass is 19.1. The Balaban J connectivity index is 1.73. The van der Waals surface area contributed by atoms with Gasteiger partial charge >= 0.3 is 0 Å². The molecular formula is C20H15F2N3O3. The van der Waals surface area contributed by atoms with E-state index in [1.807, 2.05) is 0 Å².